The van der Waals surface area contributed by atoms with Crippen molar-refractivity contribution >= 4 is 11.8 Å². The molecule has 5 nitrogen and oxygen atoms in total. The second-order valence-electron chi connectivity index (χ2n) is 5.68. The Morgan fingerprint density at radius 3 is 2.63 bits per heavy atom. The summed E-state index contributed by atoms with van der Waals surface area (Å²) in [5.74, 6) is 0.590. The van der Waals surface area contributed by atoms with E-state index in [0.29, 0.717) is 19.1 Å². The lowest BCUT2D eigenvalue weighted by atomic mass is 9.92. The molecule has 2 rings (SSSR count). The quantitative estimate of drug-likeness (QED) is 0.774. The van der Waals surface area contributed by atoms with Crippen molar-refractivity contribution in [1.29, 1.82) is 0 Å². The van der Waals surface area contributed by atoms with E-state index in [1.54, 1.807) is 12.0 Å². The molecule has 1 aliphatic heterocycles. The Kier molecular flexibility index (Phi) is 4.45. The van der Waals surface area contributed by atoms with Crippen LogP contribution >= 0.6 is 0 Å². The number of piperazine rings is 1. The molecule has 1 saturated heterocycles. The van der Waals surface area contributed by atoms with Gasteiger partial charge in [-0.05, 0) is 24.7 Å². The first-order chi connectivity index (χ1) is 9.10. The number of amides is 2. The van der Waals surface area contributed by atoms with E-state index in [4.69, 9.17) is 4.74 Å². The van der Waals surface area contributed by atoms with Crippen LogP contribution in [0.1, 0.15) is 33.1 Å². The van der Waals surface area contributed by atoms with Gasteiger partial charge in [0.15, 0.2) is 0 Å². The van der Waals surface area contributed by atoms with Crippen LogP contribution in [-0.2, 0) is 14.3 Å². The molecule has 1 saturated carbocycles. The van der Waals surface area contributed by atoms with E-state index < -0.39 is 0 Å². The Morgan fingerprint density at radius 1 is 1.42 bits per heavy atom. The van der Waals surface area contributed by atoms with E-state index in [2.05, 4.69) is 5.32 Å². The van der Waals surface area contributed by atoms with Crippen LogP contribution in [0.2, 0.25) is 0 Å². The second kappa shape index (κ2) is 5.90. The van der Waals surface area contributed by atoms with Crippen molar-refractivity contribution in [2.45, 2.75) is 45.2 Å². The molecule has 19 heavy (non-hydrogen) atoms. The Balaban J connectivity index is 2.16. The van der Waals surface area contributed by atoms with Gasteiger partial charge in [-0.2, -0.15) is 0 Å². The van der Waals surface area contributed by atoms with Gasteiger partial charge in [-0.1, -0.05) is 20.3 Å². The van der Waals surface area contributed by atoms with E-state index in [0.717, 1.165) is 19.3 Å². The van der Waals surface area contributed by atoms with Gasteiger partial charge in [0, 0.05) is 13.7 Å². The number of carbonyl (C=O) groups excluding carboxylic acids is 2. The predicted molar refractivity (Wildman–Crippen MR) is 71.5 cm³/mol. The van der Waals surface area contributed by atoms with Crippen molar-refractivity contribution in [2.24, 2.45) is 11.8 Å². The lowest BCUT2D eigenvalue weighted by Gasteiger charge is -2.41. The number of nitrogens with one attached hydrogen (secondary N) is 1. The molecule has 3 atom stereocenters. The van der Waals surface area contributed by atoms with Crippen LogP contribution in [0.3, 0.4) is 0 Å². The maximum absolute atomic E-state index is 12.5. The second-order valence-corrected chi connectivity index (χ2v) is 5.68. The SMILES string of the molecule is CCC(C)C1C(=O)NC(C2CC2)C(=O)N1CCOC. The molecule has 0 aromatic carbocycles. The number of hydrogen-bond acceptors (Lipinski definition) is 3. The lowest BCUT2D eigenvalue weighted by molar-refractivity contribution is -0.152. The first-order valence-corrected chi connectivity index (χ1v) is 7.20. The van der Waals surface area contributed by atoms with Crippen molar-refractivity contribution in [3.8, 4) is 0 Å². The summed E-state index contributed by atoms with van der Waals surface area (Å²) in [6.07, 6.45) is 2.97. The van der Waals surface area contributed by atoms with E-state index >= 15 is 0 Å². The van der Waals surface area contributed by atoms with Gasteiger partial charge in [-0.25, -0.2) is 0 Å². The summed E-state index contributed by atoms with van der Waals surface area (Å²) in [6, 6.07) is -0.646. The van der Waals surface area contributed by atoms with Gasteiger partial charge in [0.05, 0.1) is 6.61 Å². The highest BCUT2D eigenvalue weighted by Crippen LogP contribution is 2.35. The predicted octanol–water partition coefficient (Wildman–Crippen LogP) is 0.785. The van der Waals surface area contributed by atoms with Gasteiger partial charge in [-0.3, -0.25) is 9.59 Å². The fourth-order valence-electron chi connectivity index (χ4n) is 2.73. The highest BCUT2D eigenvalue weighted by atomic mass is 16.5. The number of methoxy groups -OCH3 is 1. The van der Waals surface area contributed by atoms with Crippen molar-refractivity contribution in [1.82, 2.24) is 10.2 Å². The summed E-state index contributed by atoms with van der Waals surface area (Å²) in [4.78, 5) is 26.6. The number of ether oxygens (including phenoxy) is 1. The average Bonchev–Trinajstić information content (AvgIpc) is 3.22. The monoisotopic (exact) mass is 268 g/mol. The Morgan fingerprint density at radius 2 is 2.11 bits per heavy atom. The molecule has 108 valence electrons. The molecule has 0 radical (unpaired) electrons. The summed E-state index contributed by atoms with van der Waals surface area (Å²) in [7, 11) is 1.62. The van der Waals surface area contributed by atoms with Crippen molar-refractivity contribution in [3.63, 3.8) is 0 Å². The molecule has 0 aromatic rings. The van der Waals surface area contributed by atoms with Crippen LogP contribution in [0.25, 0.3) is 0 Å². The van der Waals surface area contributed by atoms with Crippen LogP contribution in [0.15, 0.2) is 0 Å². The van der Waals surface area contributed by atoms with Crippen molar-refractivity contribution in [2.75, 3.05) is 20.3 Å². The van der Waals surface area contributed by atoms with Gasteiger partial charge in [0.25, 0.3) is 0 Å². The van der Waals surface area contributed by atoms with Gasteiger partial charge >= 0.3 is 0 Å². The number of nitrogens with zero attached hydrogens (tertiary/aromatic N) is 1. The smallest absolute Gasteiger partial charge is 0.246 e. The first-order valence-electron chi connectivity index (χ1n) is 7.20. The molecule has 0 aromatic heterocycles. The molecule has 1 N–H and O–H groups in total. The molecule has 0 spiro atoms. The van der Waals surface area contributed by atoms with Crippen LogP contribution in [0.5, 0.6) is 0 Å². The third-order valence-electron chi connectivity index (χ3n) is 4.26. The zero-order valence-electron chi connectivity index (χ0n) is 12.0. The van der Waals surface area contributed by atoms with E-state index in [1.807, 2.05) is 13.8 Å². The largest absolute Gasteiger partial charge is 0.383 e. The third-order valence-corrected chi connectivity index (χ3v) is 4.26. The average molecular weight is 268 g/mol. The molecule has 1 aliphatic carbocycles. The van der Waals surface area contributed by atoms with Crippen LogP contribution in [0, 0.1) is 11.8 Å². The standard InChI is InChI=1S/C14H24N2O3/c1-4-9(2)12-13(17)15-11(10-5-6-10)14(18)16(12)7-8-19-3/h9-12H,4-8H2,1-3H3,(H,15,17). The van der Waals surface area contributed by atoms with Crippen LogP contribution < -0.4 is 5.32 Å². The summed E-state index contributed by atoms with van der Waals surface area (Å²) >= 11 is 0. The van der Waals surface area contributed by atoms with Gasteiger partial charge in [-0.15, -0.1) is 0 Å². The molecule has 3 unspecified atom stereocenters. The van der Waals surface area contributed by atoms with E-state index in [9.17, 15) is 9.59 Å². The summed E-state index contributed by atoms with van der Waals surface area (Å²) < 4.78 is 5.08. The Hall–Kier alpha value is -1.10. The number of carbonyl (C=O) groups is 2. The fourth-order valence-corrected chi connectivity index (χ4v) is 2.73. The highest BCUT2D eigenvalue weighted by molar-refractivity contribution is 5.97. The Labute approximate surface area is 114 Å². The van der Waals surface area contributed by atoms with Crippen LogP contribution in [-0.4, -0.2) is 49.1 Å². The van der Waals surface area contributed by atoms with Gasteiger partial charge in [0.1, 0.15) is 12.1 Å². The lowest BCUT2D eigenvalue weighted by Crippen LogP contribution is -2.66. The minimum Gasteiger partial charge on any atom is -0.383 e. The molecule has 5 heteroatoms. The fraction of sp³-hybridized carbons (Fsp3) is 0.857. The van der Waals surface area contributed by atoms with Crippen molar-refractivity contribution < 1.29 is 14.3 Å². The normalized spacial score (nSPS) is 29.3. The topological polar surface area (TPSA) is 58.6 Å². The summed E-state index contributed by atoms with van der Waals surface area (Å²) in [5, 5.41) is 2.93. The molecular formula is C14H24N2O3. The molecule has 0 bridgehead atoms. The third kappa shape index (κ3) is 2.91. The zero-order chi connectivity index (χ0) is 14.0. The minimum absolute atomic E-state index is 0.00181. The zero-order valence-corrected chi connectivity index (χ0v) is 12.0. The van der Waals surface area contributed by atoms with E-state index in [1.165, 1.54) is 0 Å². The maximum Gasteiger partial charge on any atom is 0.246 e. The van der Waals surface area contributed by atoms with Crippen molar-refractivity contribution in [3.05, 3.63) is 0 Å². The number of rotatable bonds is 6. The highest BCUT2D eigenvalue weighted by Gasteiger charge is 2.47. The van der Waals surface area contributed by atoms with Crippen LogP contribution in [0.4, 0.5) is 0 Å². The molecule has 2 fully saturated rings. The number of hydrogen-bond donors (Lipinski definition) is 1. The maximum atomic E-state index is 12.5. The first kappa shape index (κ1) is 14.3. The summed E-state index contributed by atoms with van der Waals surface area (Å²) in [5.41, 5.74) is 0. The van der Waals surface area contributed by atoms with E-state index in [-0.39, 0.29) is 29.8 Å². The molecule has 1 heterocycles. The minimum atomic E-state index is -0.345. The summed E-state index contributed by atoms with van der Waals surface area (Å²) in [6.45, 7) is 5.04. The van der Waals surface area contributed by atoms with Gasteiger partial charge in [0.2, 0.25) is 11.8 Å². The Bertz CT molecular complexity index is 355. The molecule has 2 aliphatic rings. The molecular weight excluding hydrogens is 244 g/mol. The van der Waals surface area contributed by atoms with Gasteiger partial charge < -0.3 is 15.0 Å². The molecule has 2 amide bonds.